The summed E-state index contributed by atoms with van der Waals surface area (Å²) >= 11 is 5.98. The van der Waals surface area contributed by atoms with Gasteiger partial charge in [0.2, 0.25) is 0 Å². The number of halogens is 1. The van der Waals surface area contributed by atoms with Gasteiger partial charge in [0.15, 0.2) is 0 Å². The number of H-pyrrole nitrogens is 1. The molecule has 1 aromatic heterocycles. The zero-order chi connectivity index (χ0) is 13.6. The third kappa shape index (κ3) is 1.96. The Morgan fingerprint density at radius 3 is 2.84 bits per heavy atom. The first-order valence-corrected chi connectivity index (χ1v) is 6.27. The first kappa shape index (κ1) is 12.0. The molecular weight excluding hydrogens is 266 g/mol. The molecule has 2 aromatic rings. The monoisotopic (exact) mass is 277 g/mol. The van der Waals surface area contributed by atoms with Crippen LogP contribution in [0.15, 0.2) is 24.4 Å². The number of nitrogens with zero attached hydrogens (tertiary/aromatic N) is 1. The summed E-state index contributed by atoms with van der Waals surface area (Å²) in [6.07, 6.45) is 2.30. The molecule has 1 aliphatic heterocycles. The van der Waals surface area contributed by atoms with Gasteiger partial charge < -0.3 is 10.3 Å². The molecule has 0 bridgehead atoms. The number of benzene rings is 1. The smallest absolute Gasteiger partial charge is 0.324 e. The number of fused-ring (bicyclic) bond motifs is 1. The maximum absolute atomic E-state index is 11.9. The van der Waals surface area contributed by atoms with E-state index in [-0.39, 0.29) is 11.9 Å². The van der Waals surface area contributed by atoms with Crippen molar-refractivity contribution in [1.82, 2.24) is 15.2 Å². The largest absolute Gasteiger partial charge is 0.361 e. The minimum absolute atomic E-state index is 0.207. The first-order chi connectivity index (χ1) is 9.06. The van der Waals surface area contributed by atoms with E-state index in [1.165, 1.54) is 7.05 Å². The van der Waals surface area contributed by atoms with Crippen LogP contribution in [0.4, 0.5) is 4.79 Å². The number of aromatic amines is 1. The van der Waals surface area contributed by atoms with Crippen LogP contribution in [0.3, 0.4) is 0 Å². The third-order valence-electron chi connectivity index (χ3n) is 3.38. The molecule has 6 heteroatoms. The van der Waals surface area contributed by atoms with Crippen molar-refractivity contribution in [3.05, 3.63) is 35.0 Å². The molecule has 1 aromatic carbocycles. The lowest BCUT2D eigenvalue weighted by Gasteiger charge is -2.07. The maximum atomic E-state index is 11.9. The Bertz CT molecular complexity index is 680. The third-order valence-corrected chi connectivity index (χ3v) is 3.62. The van der Waals surface area contributed by atoms with Crippen LogP contribution in [0.2, 0.25) is 5.02 Å². The maximum Gasteiger partial charge on any atom is 0.324 e. The molecule has 2 N–H and O–H groups in total. The SMILES string of the molecule is CN1C(=O)NC(Cc2c[nH]c3ccc(Cl)cc23)C1=O. The van der Waals surface area contributed by atoms with Gasteiger partial charge in [-0.05, 0) is 23.8 Å². The van der Waals surface area contributed by atoms with Gasteiger partial charge in [-0.1, -0.05) is 11.6 Å². The van der Waals surface area contributed by atoms with Crippen molar-refractivity contribution in [3.8, 4) is 0 Å². The minimum Gasteiger partial charge on any atom is -0.361 e. The number of hydrogen-bond acceptors (Lipinski definition) is 2. The van der Waals surface area contributed by atoms with Crippen LogP contribution in [0.25, 0.3) is 10.9 Å². The molecule has 1 fully saturated rings. The number of imide groups is 1. The number of rotatable bonds is 2. The highest BCUT2D eigenvalue weighted by Crippen LogP contribution is 2.24. The summed E-state index contributed by atoms with van der Waals surface area (Å²) in [6.45, 7) is 0. The Balaban J connectivity index is 1.92. The molecule has 19 heavy (non-hydrogen) atoms. The number of amides is 3. The molecule has 1 unspecified atom stereocenters. The highest BCUT2D eigenvalue weighted by molar-refractivity contribution is 6.31. The number of urea groups is 1. The van der Waals surface area contributed by atoms with E-state index >= 15 is 0 Å². The van der Waals surface area contributed by atoms with Crippen LogP contribution in [-0.2, 0) is 11.2 Å². The van der Waals surface area contributed by atoms with E-state index in [9.17, 15) is 9.59 Å². The zero-order valence-electron chi connectivity index (χ0n) is 10.2. The molecule has 0 spiro atoms. The number of nitrogens with one attached hydrogen (secondary N) is 2. The van der Waals surface area contributed by atoms with Crippen molar-refractivity contribution in [1.29, 1.82) is 0 Å². The molecule has 5 nitrogen and oxygen atoms in total. The average molecular weight is 278 g/mol. The van der Waals surface area contributed by atoms with Gasteiger partial charge in [-0.3, -0.25) is 9.69 Å². The van der Waals surface area contributed by atoms with E-state index in [2.05, 4.69) is 10.3 Å². The van der Waals surface area contributed by atoms with Crippen molar-refractivity contribution >= 4 is 34.4 Å². The summed E-state index contributed by atoms with van der Waals surface area (Å²) in [5, 5.41) is 4.28. The lowest BCUT2D eigenvalue weighted by atomic mass is 10.1. The molecule has 3 amide bonds. The Kier molecular flexibility index (Phi) is 2.71. The highest BCUT2D eigenvalue weighted by Gasteiger charge is 2.35. The van der Waals surface area contributed by atoms with Gasteiger partial charge in [0, 0.05) is 35.6 Å². The fourth-order valence-electron chi connectivity index (χ4n) is 2.32. The second kappa shape index (κ2) is 4.28. The van der Waals surface area contributed by atoms with E-state index in [1.807, 2.05) is 18.3 Å². The van der Waals surface area contributed by atoms with E-state index in [1.54, 1.807) is 6.07 Å². The van der Waals surface area contributed by atoms with Crippen LogP contribution < -0.4 is 5.32 Å². The second-order valence-corrected chi connectivity index (χ2v) is 5.04. The van der Waals surface area contributed by atoms with Crippen molar-refractivity contribution in [2.75, 3.05) is 7.05 Å². The molecule has 1 atom stereocenters. The zero-order valence-corrected chi connectivity index (χ0v) is 11.0. The van der Waals surface area contributed by atoms with Gasteiger partial charge in [-0.15, -0.1) is 0 Å². The number of aromatic nitrogens is 1. The first-order valence-electron chi connectivity index (χ1n) is 5.90. The summed E-state index contributed by atoms with van der Waals surface area (Å²) in [7, 11) is 1.48. The van der Waals surface area contributed by atoms with Crippen LogP contribution in [0.5, 0.6) is 0 Å². The summed E-state index contributed by atoms with van der Waals surface area (Å²) in [6, 6.07) is 4.69. The minimum atomic E-state index is -0.504. The van der Waals surface area contributed by atoms with Crippen LogP contribution in [0, 0.1) is 0 Å². The van der Waals surface area contributed by atoms with Gasteiger partial charge >= 0.3 is 6.03 Å². The number of likely N-dealkylation sites (N-methyl/N-ethyl adjacent to an activating group) is 1. The van der Waals surface area contributed by atoms with Crippen LogP contribution >= 0.6 is 11.6 Å². The lowest BCUT2D eigenvalue weighted by molar-refractivity contribution is -0.126. The predicted octanol–water partition coefficient (Wildman–Crippen LogP) is 1.91. The Morgan fingerprint density at radius 2 is 2.16 bits per heavy atom. The standard InChI is InChI=1S/C13H12ClN3O2/c1-17-12(18)11(16-13(17)19)4-7-6-15-10-3-2-8(14)5-9(7)10/h2-3,5-6,11,15H,4H2,1H3,(H,16,19). The molecule has 3 rings (SSSR count). The Morgan fingerprint density at radius 1 is 1.37 bits per heavy atom. The predicted molar refractivity (Wildman–Crippen MR) is 72.1 cm³/mol. The fourth-order valence-corrected chi connectivity index (χ4v) is 2.49. The van der Waals surface area contributed by atoms with Gasteiger partial charge in [0.05, 0.1) is 0 Å². The van der Waals surface area contributed by atoms with Gasteiger partial charge in [-0.2, -0.15) is 0 Å². The van der Waals surface area contributed by atoms with Crippen LogP contribution in [0.1, 0.15) is 5.56 Å². The van der Waals surface area contributed by atoms with Crippen LogP contribution in [-0.4, -0.2) is 34.9 Å². The summed E-state index contributed by atoms with van der Waals surface area (Å²) in [5.41, 5.74) is 1.93. The molecule has 1 aliphatic rings. The molecular formula is C13H12ClN3O2. The van der Waals surface area contributed by atoms with Crippen molar-refractivity contribution < 1.29 is 9.59 Å². The van der Waals surface area contributed by atoms with E-state index < -0.39 is 6.04 Å². The normalized spacial score (nSPS) is 19.3. The summed E-state index contributed by atoms with van der Waals surface area (Å²) in [4.78, 5) is 27.5. The van der Waals surface area contributed by atoms with E-state index in [4.69, 9.17) is 11.6 Å². The average Bonchev–Trinajstić information content (AvgIpc) is 2.88. The molecule has 2 heterocycles. The van der Waals surface area contributed by atoms with E-state index in [0.717, 1.165) is 21.4 Å². The number of hydrogen-bond donors (Lipinski definition) is 2. The second-order valence-electron chi connectivity index (χ2n) is 4.61. The number of carbonyl (C=O) groups is 2. The quantitative estimate of drug-likeness (QED) is 0.824. The summed E-state index contributed by atoms with van der Waals surface area (Å²) < 4.78 is 0. The molecule has 0 saturated carbocycles. The Labute approximate surface area is 114 Å². The lowest BCUT2D eigenvalue weighted by Crippen LogP contribution is -2.31. The van der Waals surface area contributed by atoms with Gasteiger partial charge in [0.1, 0.15) is 6.04 Å². The van der Waals surface area contributed by atoms with Crippen molar-refractivity contribution in [3.63, 3.8) is 0 Å². The van der Waals surface area contributed by atoms with Crippen molar-refractivity contribution in [2.24, 2.45) is 0 Å². The molecule has 1 saturated heterocycles. The van der Waals surface area contributed by atoms with Gasteiger partial charge in [-0.25, -0.2) is 4.79 Å². The highest BCUT2D eigenvalue weighted by atomic mass is 35.5. The molecule has 98 valence electrons. The van der Waals surface area contributed by atoms with Gasteiger partial charge in [0.25, 0.3) is 5.91 Å². The Hall–Kier alpha value is -2.01. The van der Waals surface area contributed by atoms with E-state index in [0.29, 0.717) is 11.4 Å². The number of carbonyl (C=O) groups excluding carboxylic acids is 2. The molecule has 0 aliphatic carbocycles. The molecule has 0 radical (unpaired) electrons. The topological polar surface area (TPSA) is 65.2 Å². The van der Waals surface area contributed by atoms with Crippen molar-refractivity contribution in [2.45, 2.75) is 12.5 Å². The summed E-state index contributed by atoms with van der Waals surface area (Å²) in [5.74, 6) is -0.207. The fraction of sp³-hybridized carbons (Fsp3) is 0.231.